The number of ether oxygens (including phenoxy) is 2. The number of nitro benzene ring substituents is 1. The maximum atomic E-state index is 13.4. The molecule has 0 aliphatic heterocycles. The third-order valence-electron chi connectivity index (χ3n) is 3.17. The van der Waals surface area contributed by atoms with Crippen molar-refractivity contribution >= 4 is 23.3 Å². The standard InChI is InChI=1S/C16H12F2N2O6/c1-25-13-6-5-9(7-12(13)20(23)24)16(22)26-8-14(21)19-15-10(17)3-2-4-11(15)18/h2-7H,8H2,1H3,(H,19,21). The second kappa shape index (κ2) is 8.01. The van der Waals surface area contributed by atoms with Crippen LogP contribution in [0, 0.1) is 21.7 Å². The van der Waals surface area contributed by atoms with Gasteiger partial charge in [-0.3, -0.25) is 14.9 Å². The fourth-order valence-corrected chi connectivity index (χ4v) is 1.97. The molecular weight excluding hydrogens is 354 g/mol. The van der Waals surface area contributed by atoms with Gasteiger partial charge < -0.3 is 14.8 Å². The zero-order valence-electron chi connectivity index (χ0n) is 13.3. The Morgan fingerprint density at radius 2 is 1.85 bits per heavy atom. The molecule has 8 nitrogen and oxygen atoms in total. The zero-order valence-corrected chi connectivity index (χ0v) is 13.3. The number of carbonyl (C=O) groups is 2. The van der Waals surface area contributed by atoms with Crippen LogP contribution in [0.15, 0.2) is 36.4 Å². The topological polar surface area (TPSA) is 108 Å². The molecule has 1 amide bonds. The van der Waals surface area contributed by atoms with E-state index in [1.54, 1.807) is 0 Å². The van der Waals surface area contributed by atoms with E-state index in [9.17, 15) is 28.5 Å². The number of anilines is 1. The van der Waals surface area contributed by atoms with Crippen LogP contribution in [0.1, 0.15) is 10.4 Å². The summed E-state index contributed by atoms with van der Waals surface area (Å²) in [4.78, 5) is 33.8. The number of methoxy groups -OCH3 is 1. The molecule has 0 aromatic heterocycles. The van der Waals surface area contributed by atoms with Gasteiger partial charge in [-0.2, -0.15) is 0 Å². The van der Waals surface area contributed by atoms with Gasteiger partial charge in [0, 0.05) is 6.07 Å². The summed E-state index contributed by atoms with van der Waals surface area (Å²) >= 11 is 0. The minimum Gasteiger partial charge on any atom is -0.490 e. The van der Waals surface area contributed by atoms with Crippen molar-refractivity contribution in [2.24, 2.45) is 0 Å². The van der Waals surface area contributed by atoms with Crippen LogP contribution >= 0.6 is 0 Å². The van der Waals surface area contributed by atoms with Gasteiger partial charge in [0.2, 0.25) is 0 Å². The number of hydrogen-bond donors (Lipinski definition) is 1. The van der Waals surface area contributed by atoms with Crippen LogP contribution in [-0.2, 0) is 9.53 Å². The summed E-state index contributed by atoms with van der Waals surface area (Å²) in [6, 6.07) is 6.35. The molecule has 0 saturated carbocycles. The van der Waals surface area contributed by atoms with Crippen molar-refractivity contribution in [1.29, 1.82) is 0 Å². The van der Waals surface area contributed by atoms with Crippen LogP contribution < -0.4 is 10.1 Å². The number of amides is 1. The maximum Gasteiger partial charge on any atom is 0.338 e. The summed E-state index contributed by atoms with van der Waals surface area (Å²) in [7, 11) is 1.23. The average Bonchev–Trinajstić information content (AvgIpc) is 2.62. The van der Waals surface area contributed by atoms with Gasteiger partial charge in [-0.05, 0) is 24.3 Å². The van der Waals surface area contributed by atoms with Gasteiger partial charge in [-0.25, -0.2) is 13.6 Å². The normalized spacial score (nSPS) is 10.1. The molecule has 0 saturated heterocycles. The van der Waals surface area contributed by atoms with Crippen LogP contribution in [0.3, 0.4) is 0 Å². The number of para-hydroxylation sites is 1. The first-order chi connectivity index (χ1) is 12.3. The third-order valence-corrected chi connectivity index (χ3v) is 3.17. The van der Waals surface area contributed by atoms with Gasteiger partial charge in [0.15, 0.2) is 12.4 Å². The third kappa shape index (κ3) is 4.29. The Bertz CT molecular complexity index is 852. The number of benzene rings is 2. The quantitative estimate of drug-likeness (QED) is 0.478. The van der Waals surface area contributed by atoms with E-state index < -0.39 is 46.4 Å². The van der Waals surface area contributed by atoms with Crippen molar-refractivity contribution in [1.82, 2.24) is 0 Å². The number of nitrogens with zero attached hydrogens (tertiary/aromatic N) is 1. The smallest absolute Gasteiger partial charge is 0.338 e. The molecule has 0 atom stereocenters. The van der Waals surface area contributed by atoms with E-state index in [1.807, 2.05) is 5.32 Å². The monoisotopic (exact) mass is 366 g/mol. The molecule has 10 heteroatoms. The summed E-state index contributed by atoms with van der Waals surface area (Å²) in [5, 5.41) is 12.9. The van der Waals surface area contributed by atoms with E-state index in [1.165, 1.54) is 19.2 Å². The fraction of sp³-hybridized carbons (Fsp3) is 0.125. The molecule has 2 rings (SSSR count). The lowest BCUT2D eigenvalue weighted by Gasteiger charge is -2.08. The highest BCUT2D eigenvalue weighted by molar-refractivity contribution is 5.96. The van der Waals surface area contributed by atoms with Gasteiger partial charge in [0.1, 0.15) is 17.3 Å². The van der Waals surface area contributed by atoms with Crippen molar-refractivity contribution in [3.8, 4) is 5.75 Å². The lowest BCUT2D eigenvalue weighted by molar-refractivity contribution is -0.385. The van der Waals surface area contributed by atoms with Crippen molar-refractivity contribution in [2.45, 2.75) is 0 Å². The molecule has 0 unspecified atom stereocenters. The molecule has 0 aliphatic rings. The number of carbonyl (C=O) groups excluding carboxylic acids is 2. The summed E-state index contributed by atoms with van der Waals surface area (Å²) in [5.41, 5.74) is -1.32. The second-order valence-electron chi connectivity index (χ2n) is 4.86. The Labute approximate surface area is 145 Å². The lowest BCUT2D eigenvalue weighted by atomic mass is 10.2. The summed E-state index contributed by atoms with van der Waals surface area (Å²) in [6.45, 7) is -0.841. The first kappa shape index (κ1) is 18.8. The highest BCUT2D eigenvalue weighted by Gasteiger charge is 2.20. The van der Waals surface area contributed by atoms with E-state index in [4.69, 9.17) is 9.47 Å². The zero-order chi connectivity index (χ0) is 19.3. The number of halogens is 2. The summed E-state index contributed by atoms with van der Waals surface area (Å²) in [6.07, 6.45) is 0. The molecule has 0 heterocycles. The van der Waals surface area contributed by atoms with Crippen molar-refractivity contribution < 1.29 is 32.8 Å². The number of hydrogen-bond acceptors (Lipinski definition) is 6. The minimum atomic E-state index is -1.03. The Morgan fingerprint density at radius 1 is 1.19 bits per heavy atom. The molecule has 26 heavy (non-hydrogen) atoms. The van der Waals surface area contributed by atoms with E-state index in [-0.39, 0.29) is 11.3 Å². The molecule has 0 bridgehead atoms. The molecular formula is C16H12F2N2O6. The van der Waals surface area contributed by atoms with E-state index in [0.29, 0.717) is 0 Å². The molecule has 2 aromatic carbocycles. The molecule has 2 aromatic rings. The first-order valence-electron chi connectivity index (χ1n) is 7.07. The Morgan fingerprint density at radius 3 is 2.42 bits per heavy atom. The molecule has 0 spiro atoms. The maximum absolute atomic E-state index is 13.4. The number of nitrogens with one attached hydrogen (secondary N) is 1. The molecule has 0 aliphatic carbocycles. The minimum absolute atomic E-state index is 0.0562. The van der Waals surface area contributed by atoms with E-state index in [2.05, 4.69) is 0 Å². The largest absolute Gasteiger partial charge is 0.490 e. The Hall–Kier alpha value is -3.56. The van der Waals surface area contributed by atoms with Crippen LogP contribution in [0.5, 0.6) is 5.75 Å². The van der Waals surface area contributed by atoms with Gasteiger partial charge >= 0.3 is 11.7 Å². The van der Waals surface area contributed by atoms with Crippen molar-refractivity contribution in [2.75, 3.05) is 19.0 Å². The SMILES string of the molecule is COc1ccc(C(=O)OCC(=O)Nc2c(F)cccc2F)cc1[N+](=O)[O-]. The first-order valence-corrected chi connectivity index (χ1v) is 7.07. The molecule has 0 radical (unpaired) electrons. The van der Waals surface area contributed by atoms with Crippen LogP contribution in [0.25, 0.3) is 0 Å². The van der Waals surface area contributed by atoms with E-state index >= 15 is 0 Å². The molecule has 136 valence electrons. The fourth-order valence-electron chi connectivity index (χ4n) is 1.97. The van der Waals surface area contributed by atoms with Gasteiger partial charge in [-0.1, -0.05) is 6.07 Å². The predicted molar refractivity (Wildman–Crippen MR) is 84.9 cm³/mol. The Kier molecular flexibility index (Phi) is 5.78. The van der Waals surface area contributed by atoms with E-state index in [0.717, 1.165) is 24.3 Å². The Balaban J connectivity index is 2.03. The summed E-state index contributed by atoms with van der Waals surface area (Å²) < 4.78 is 36.3. The van der Waals surface area contributed by atoms with Crippen molar-refractivity contribution in [3.05, 3.63) is 63.7 Å². The van der Waals surface area contributed by atoms with Crippen LogP contribution in [0.4, 0.5) is 20.2 Å². The second-order valence-corrected chi connectivity index (χ2v) is 4.86. The lowest BCUT2D eigenvalue weighted by Crippen LogP contribution is -2.22. The van der Waals surface area contributed by atoms with Crippen molar-refractivity contribution in [3.63, 3.8) is 0 Å². The van der Waals surface area contributed by atoms with Crippen LogP contribution in [0.2, 0.25) is 0 Å². The van der Waals surface area contributed by atoms with Crippen LogP contribution in [-0.4, -0.2) is 30.5 Å². The highest BCUT2D eigenvalue weighted by atomic mass is 19.1. The van der Waals surface area contributed by atoms with Gasteiger partial charge in [0.05, 0.1) is 17.6 Å². The molecule has 1 N–H and O–H groups in total. The predicted octanol–water partition coefficient (Wildman–Crippen LogP) is 2.68. The average molecular weight is 366 g/mol. The number of nitro groups is 1. The number of esters is 1. The van der Waals surface area contributed by atoms with Gasteiger partial charge in [-0.15, -0.1) is 0 Å². The van der Waals surface area contributed by atoms with Gasteiger partial charge in [0.25, 0.3) is 5.91 Å². The number of rotatable bonds is 6. The highest BCUT2D eigenvalue weighted by Crippen LogP contribution is 2.27. The molecule has 0 fully saturated rings. The summed E-state index contributed by atoms with van der Waals surface area (Å²) in [5.74, 6) is -4.05.